The summed E-state index contributed by atoms with van der Waals surface area (Å²) in [5, 5.41) is 2.59. The Morgan fingerprint density at radius 3 is 2.50 bits per heavy atom. The molecule has 2 N–H and O–H groups in total. The van der Waals surface area contributed by atoms with Crippen LogP contribution in [0.2, 0.25) is 0 Å². The van der Waals surface area contributed by atoms with Gasteiger partial charge in [-0.25, -0.2) is 8.42 Å². The Hall–Kier alpha value is -1.93. The molecule has 0 aliphatic carbocycles. The van der Waals surface area contributed by atoms with Crippen LogP contribution in [0.3, 0.4) is 0 Å². The molecule has 0 fully saturated rings. The molecule has 0 heterocycles. The molecule has 0 saturated carbocycles. The predicted molar refractivity (Wildman–Crippen MR) is 90.0 cm³/mol. The summed E-state index contributed by atoms with van der Waals surface area (Å²) in [4.78, 5) is 23.0. The second kappa shape index (κ2) is 9.39. The first-order valence-electron chi connectivity index (χ1n) is 7.75. The van der Waals surface area contributed by atoms with Crippen molar-refractivity contribution in [1.82, 2.24) is 10.0 Å². The molecule has 0 unspecified atom stereocenters. The molecule has 0 spiro atoms. The third-order valence-electron chi connectivity index (χ3n) is 3.41. The first kappa shape index (κ1) is 20.1. The summed E-state index contributed by atoms with van der Waals surface area (Å²) in [5.74, 6) is -1.22. The summed E-state index contributed by atoms with van der Waals surface area (Å²) in [6.07, 6.45) is 1.79. The van der Waals surface area contributed by atoms with E-state index >= 15 is 0 Å². The maximum atomic E-state index is 12.1. The van der Waals surface area contributed by atoms with Gasteiger partial charge in [-0.1, -0.05) is 19.4 Å². The van der Waals surface area contributed by atoms with E-state index in [1.165, 1.54) is 12.1 Å². The summed E-state index contributed by atoms with van der Waals surface area (Å²) >= 11 is 0. The molecular formula is C16H24N2O5S. The van der Waals surface area contributed by atoms with E-state index in [4.69, 9.17) is 4.74 Å². The minimum absolute atomic E-state index is 0.0794. The molecule has 134 valence electrons. The number of benzene rings is 1. The summed E-state index contributed by atoms with van der Waals surface area (Å²) in [7, 11) is -3.80. The summed E-state index contributed by atoms with van der Waals surface area (Å²) in [6, 6.07) is 4.70. The van der Waals surface area contributed by atoms with Gasteiger partial charge in [-0.05, 0) is 43.5 Å². The normalized spacial score (nSPS) is 11.1. The topological polar surface area (TPSA) is 102 Å². The van der Waals surface area contributed by atoms with Crippen molar-refractivity contribution in [1.29, 1.82) is 0 Å². The lowest BCUT2D eigenvalue weighted by atomic mass is 10.1. The summed E-state index contributed by atoms with van der Waals surface area (Å²) in [6.45, 7) is 5.24. The van der Waals surface area contributed by atoms with E-state index in [1.807, 2.05) is 13.8 Å². The molecule has 1 aromatic rings. The van der Waals surface area contributed by atoms with Gasteiger partial charge in [0.2, 0.25) is 10.0 Å². The number of hydrogen-bond acceptors (Lipinski definition) is 5. The van der Waals surface area contributed by atoms with Crippen LogP contribution in [0.25, 0.3) is 0 Å². The highest BCUT2D eigenvalue weighted by Crippen LogP contribution is 2.14. The molecule has 24 heavy (non-hydrogen) atoms. The van der Waals surface area contributed by atoms with Gasteiger partial charge in [-0.3, -0.25) is 9.59 Å². The second-order valence-corrected chi connectivity index (χ2v) is 7.20. The number of nitrogens with one attached hydrogen (secondary N) is 2. The average molecular weight is 356 g/mol. The second-order valence-electron chi connectivity index (χ2n) is 5.43. The van der Waals surface area contributed by atoms with Crippen molar-refractivity contribution in [3.8, 4) is 0 Å². The van der Waals surface area contributed by atoms with E-state index in [0.717, 1.165) is 24.0 Å². The zero-order chi connectivity index (χ0) is 18.2. The van der Waals surface area contributed by atoms with Crippen molar-refractivity contribution in [2.75, 3.05) is 19.7 Å². The van der Waals surface area contributed by atoms with Gasteiger partial charge in [-0.2, -0.15) is 4.72 Å². The molecule has 8 heteroatoms. The third kappa shape index (κ3) is 6.67. The number of rotatable bonds is 9. The van der Waals surface area contributed by atoms with Crippen molar-refractivity contribution >= 4 is 21.9 Å². The maximum Gasteiger partial charge on any atom is 0.321 e. The van der Waals surface area contributed by atoms with Crippen molar-refractivity contribution in [3.05, 3.63) is 29.3 Å². The van der Waals surface area contributed by atoms with Crippen LogP contribution in [-0.4, -0.2) is 40.0 Å². The van der Waals surface area contributed by atoms with E-state index in [-0.39, 0.29) is 4.90 Å². The molecule has 7 nitrogen and oxygen atoms in total. The number of sulfonamides is 1. The lowest BCUT2D eigenvalue weighted by molar-refractivity contribution is -0.147. The van der Waals surface area contributed by atoms with E-state index in [1.54, 1.807) is 13.0 Å². The molecule has 0 saturated heterocycles. The Morgan fingerprint density at radius 2 is 1.88 bits per heavy atom. The highest BCUT2D eigenvalue weighted by Gasteiger charge is 2.17. The van der Waals surface area contributed by atoms with Gasteiger partial charge in [0.05, 0.1) is 4.90 Å². The van der Waals surface area contributed by atoms with E-state index in [2.05, 4.69) is 10.0 Å². The lowest BCUT2D eigenvalue weighted by Crippen LogP contribution is -2.34. The molecule has 1 aromatic carbocycles. The van der Waals surface area contributed by atoms with Gasteiger partial charge < -0.3 is 10.1 Å². The molecule has 1 rings (SSSR count). The van der Waals surface area contributed by atoms with Crippen LogP contribution in [0.4, 0.5) is 0 Å². The van der Waals surface area contributed by atoms with Gasteiger partial charge >= 0.3 is 5.97 Å². The van der Waals surface area contributed by atoms with Crippen molar-refractivity contribution in [3.63, 3.8) is 0 Å². The Bertz CT molecular complexity index is 686. The molecule has 0 bridgehead atoms. The van der Waals surface area contributed by atoms with E-state index < -0.39 is 35.1 Å². The molecule has 1 amide bonds. The van der Waals surface area contributed by atoms with Crippen LogP contribution < -0.4 is 10.0 Å². The molecule has 0 radical (unpaired) electrons. The fourth-order valence-corrected chi connectivity index (χ4v) is 2.82. The van der Waals surface area contributed by atoms with Crippen LogP contribution in [0.5, 0.6) is 0 Å². The quantitative estimate of drug-likeness (QED) is 0.508. The van der Waals surface area contributed by atoms with Gasteiger partial charge in [0.1, 0.15) is 6.54 Å². The largest absolute Gasteiger partial charge is 0.455 e. The number of esters is 1. The van der Waals surface area contributed by atoms with Crippen LogP contribution in [0.1, 0.15) is 30.9 Å². The van der Waals surface area contributed by atoms with Crippen molar-refractivity contribution in [2.24, 2.45) is 0 Å². The van der Waals surface area contributed by atoms with Gasteiger partial charge in [-0.15, -0.1) is 0 Å². The third-order valence-corrected chi connectivity index (χ3v) is 4.81. The molecular weight excluding hydrogens is 332 g/mol. The fourth-order valence-electron chi connectivity index (χ4n) is 1.77. The Kier molecular flexibility index (Phi) is 7.87. The minimum Gasteiger partial charge on any atom is -0.455 e. The average Bonchev–Trinajstić information content (AvgIpc) is 2.53. The maximum absolute atomic E-state index is 12.1. The monoisotopic (exact) mass is 356 g/mol. The Balaban J connectivity index is 2.45. The molecule has 0 aromatic heterocycles. The van der Waals surface area contributed by atoms with E-state index in [0.29, 0.717) is 6.54 Å². The van der Waals surface area contributed by atoms with Crippen LogP contribution >= 0.6 is 0 Å². The fraction of sp³-hybridized carbons (Fsp3) is 0.500. The van der Waals surface area contributed by atoms with Gasteiger partial charge in [0.15, 0.2) is 6.61 Å². The van der Waals surface area contributed by atoms with Crippen LogP contribution in [-0.2, 0) is 24.3 Å². The number of amides is 1. The molecule has 0 aliphatic heterocycles. The number of unbranched alkanes of at least 4 members (excludes halogenated alkanes) is 1. The van der Waals surface area contributed by atoms with Crippen LogP contribution in [0.15, 0.2) is 23.1 Å². The zero-order valence-corrected chi connectivity index (χ0v) is 15.0. The standard InChI is InChI=1S/C16H24N2O5S/c1-4-5-8-17-15(19)11-23-16(20)10-18-24(21,22)14-7-6-12(2)13(3)9-14/h6-7,9,18H,4-5,8,10-11H2,1-3H3,(H,17,19). The predicted octanol–water partition coefficient (Wildman–Crippen LogP) is 1.04. The number of carbonyl (C=O) groups excluding carboxylic acids is 2. The van der Waals surface area contributed by atoms with Crippen molar-refractivity contribution < 1.29 is 22.7 Å². The number of aryl methyl sites for hydroxylation is 2. The minimum atomic E-state index is -3.80. The highest BCUT2D eigenvalue weighted by molar-refractivity contribution is 7.89. The molecule has 0 atom stereocenters. The SMILES string of the molecule is CCCCNC(=O)COC(=O)CNS(=O)(=O)c1ccc(C)c(C)c1. The highest BCUT2D eigenvalue weighted by atomic mass is 32.2. The summed E-state index contributed by atoms with van der Waals surface area (Å²) < 4.78 is 31.1. The number of carbonyl (C=O) groups is 2. The zero-order valence-electron chi connectivity index (χ0n) is 14.2. The van der Waals surface area contributed by atoms with Gasteiger partial charge in [0.25, 0.3) is 5.91 Å². The number of ether oxygens (including phenoxy) is 1. The lowest BCUT2D eigenvalue weighted by Gasteiger charge is -2.09. The van der Waals surface area contributed by atoms with Crippen molar-refractivity contribution in [2.45, 2.75) is 38.5 Å². The first-order valence-corrected chi connectivity index (χ1v) is 9.24. The Labute approximate surface area is 142 Å². The van der Waals surface area contributed by atoms with Gasteiger partial charge in [0, 0.05) is 6.54 Å². The van der Waals surface area contributed by atoms with Crippen LogP contribution in [0, 0.1) is 13.8 Å². The first-order chi connectivity index (χ1) is 11.3. The Morgan fingerprint density at radius 1 is 1.17 bits per heavy atom. The molecule has 0 aliphatic rings. The van der Waals surface area contributed by atoms with E-state index in [9.17, 15) is 18.0 Å². The smallest absolute Gasteiger partial charge is 0.321 e. The summed E-state index contributed by atoms with van der Waals surface area (Å²) in [5.41, 5.74) is 1.81. The number of hydrogen-bond donors (Lipinski definition) is 2.